The monoisotopic (exact) mass is 256 g/mol. The number of Topliss-reactive ketones (excluding diaryl/α,β-unsaturated/α-hetero) is 1. The first kappa shape index (κ1) is 13.5. The number of benzene rings is 1. The van der Waals surface area contributed by atoms with Crippen molar-refractivity contribution in [1.82, 2.24) is 0 Å². The van der Waals surface area contributed by atoms with E-state index in [0.29, 0.717) is 18.2 Å². The molecule has 0 aromatic heterocycles. The zero-order valence-electron chi connectivity index (χ0n) is 8.41. The molecule has 0 amide bonds. The molecule has 0 radical (unpaired) electrons. The van der Waals surface area contributed by atoms with E-state index in [1.165, 1.54) is 0 Å². The molecule has 0 heterocycles. The third kappa shape index (κ3) is 2.42. The fourth-order valence-corrected chi connectivity index (χ4v) is 1.18. The number of halogens is 6. The second kappa shape index (κ2) is 4.05. The van der Waals surface area contributed by atoms with E-state index in [0.717, 1.165) is 6.92 Å². The highest BCUT2D eigenvalue weighted by molar-refractivity contribution is 6.03. The van der Waals surface area contributed by atoms with Gasteiger partial charge in [-0.15, -0.1) is 0 Å². The lowest BCUT2D eigenvalue weighted by Gasteiger charge is -2.18. The van der Waals surface area contributed by atoms with E-state index in [4.69, 9.17) is 0 Å². The Hall–Kier alpha value is -1.53. The maximum absolute atomic E-state index is 12.7. The Morgan fingerprint density at radius 3 is 2.06 bits per heavy atom. The van der Waals surface area contributed by atoms with Crippen molar-refractivity contribution >= 4 is 5.78 Å². The van der Waals surface area contributed by atoms with Crippen molar-refractivity contribution in [2.75, 3.05) is 0 Å². The standard InChI is InChI=1S/C10H6F6O/c1-5-4-6(11)2-3-7(5)8(17)9(12,13)10(14,15)16/h2-4H,1H3. The van der Waals surface area contributed by atoms with E-state index in [9.17, 15) is 31.1 Å². The molecular formula is C10H6F6O. The molecule has 0 aliphatic heterocycles. The van der Waals surface area contributed by atoms with Crippen LogP contribution in [0.4, 0.5) is 26.3 Å². The number of rotatable bonds is 2. The van der Waals surface area contributed by atoms with Gasteiger partial charge in [0.2, 0.25) is 5.78 Å². The normalized spacial score (nSPS) is 12.6. The van der Waals surface area contributed by atoms with Gasteiger partial charge in [-0.2, -0.15) is 22.0 Å². The van der Waals surface area contributed by atoms with Gasteiger partial charge >= 0.3 is 12.1 Å². The van der Waals surface area contributed by atoms with Crippen LogP contribution in [0.5, 0.6) is 0 Å². The number of alkyl halides is 5. The van der Waals surface area contributed by atoms with Gasteiger partial charge in [0.05, 0.1) is 0 Å². The Kier molecular flexibility index (Phi) is 3.22. The molecule has 0 bridgehead atoms. The van der Waals surface area contributed by atoms with E-state index in [1.807, 2.05) is 0 Å². The van der Waals surface area contributed by atoms with Crippen molar-refractivity contribution in [2.24, 2.45) is 0 Å². The van der Waals surface area contributed by atoms with Gasteiger partial charge in [0, 0.05) is 5.56 Å². The summed E-state index contributed by atoms with van der Waals surface area (Å²) < 4.78 is 73.9. The van der Waals surface area contributed by atoms with Gasteiger partial charge in [0.1, 0.15) is 5.82 Å². The largest absolute Gasteiger partial charge is 0.461 e. The van der Waals surface area contributed by atoms with Crippen LogP contribution in [0.2, 0.25) is 0 Å². The number of ketones is 1. The Bertz CT molecular complexity index is 449. The van der Waals surface area contributed by atoms with Gasteiger partial charge in [0.25, 0.3) is 0 Å². The molecule has 1 aromatic carbocycles. The minimum Gasteiger partial charge on any atom is -0.287 e. The number of carbonyl (C=O) groups excluding carboxylic acids is 1. The molecule has 7 heteroatoms. The van der Waals surface area contributed by atoms with Crippen LogP contribution in [-0.2, 0) is 0 Å². The summed E-state index contributed by atoms with van der Waals surface area (Å²) in [5, 5.41) is 0. The second-order valence-corrected chi connectivity index (χ2v) is 3.36. The maximum atomic E-state index is 12.7. The molecule has 0 aliphatic rings. The smallest absolute Gasteiger partial charge is 0.287 e. The summed E-state index contributed by atoms with van der Waals surface area (Å²) in [6.07, 6.45) is -5.97. The van der Waals surface area contributed by atoms with Crippen molar-refractivity contribution in [3.63, 3.8) is 0 Å². The Morgan fingerprint density at radius 2 is 1.65 bits per heavy atom. The number of carbonyl (C=O) groups is 1. The molecule has 0 fully saturated rings. The predicted molar refractivity (Wildman–Crippen MR) is 46.5 cm³/mol. The Balaban J connectivity index is 3.22. The summed E-state index contributed by atoms with van der Waals surface area (Å²) in [5.74, 6) is -8.69. The lowest BCUT2D eigenvalue weighted by atomic mass is 10.00. The second-order valence-electron chi connectivity index (χ2n) is 3.36. The van der Waals surface area contributed by atoms with Crippen LogP contribution in [0.25, 0.3) is 0 Å². The average Bonchev–Trinajstić information content (AvgIpc) is 2.14. The highest BCUT2D eigenvalue weighted by Gasteiger charge is 2.63. The number of hydrogen-bond acceptors (Lipinski definition) is 1. The van der Waals surface area contributed by atoms with Crippen molar-refractivity contribution in [3.05, 3.63) is 35.1 Å². The zero-order valence-corrected chi connectivity index (χ0v) is 8.41. The van der Waals surface area contributed by atoms with E-state index in [2.05, 4.69) is 0 Å². The topological polar surface area (TPSA) is 17.1 Å². The van der Waals surface area contributed by atoms with Gasteiger partial charge < -0.3 is 0 Å². The summed E-state index contributed by atoms with van der Waals surface area (Å²) in [5.41, 5.74) is -1.13. The molecule has 1 aromatic rings. The van der Waals surface area contributed by atoms with Crippen LogP contribution in [0.3, 0.4) is 0 Å². The van der Waals surface area contributed by atoms with Gasteiger partial charge in [-0.05, 0) is 30.7 Å². The molecule has 0 saturated carbocycles. The van der Waals surface area contributed by atoms with Crippen LogP contribution >= 0.6 is 0 Å². The average molecular weight is 256 g/mol. The summed E-state index contributed by atoms with van der Waals surface area (Å²) in [6.45, 7) is 1.07. The SMILES string of the molecule is Cc1cc(F)ccc1C(=O)C(F)(F)C(F)(F)F. The van der Waals surface area contributed by atoms with Crippen molar-refractivity contribution in [2.45, 2.75) is 19.0 Å². The van der Waals surface area contributed by atoms with E-state index < -0.39 is 29.3 Å². The van der Waals surface area contributed by atoms with Crippen LogP contribution in [-0.4, -0.2) is 17.9 Å². The molecule has 0 atom stereocenters. The molecule has 0 aliphatic carbocycles. The first-order valence-corrected chi connectivity index (χ1v) is 4.33. The van der Waals surface area contributed by atoms with Gasteiger partial charge in [-0.3, -0.25) is 4.79 Å². The Labute approximate surface area is 92.0 Å². The van der Waals surface area contributed by atoms with Crippen LogP contribution < -0.4 is 0 Å². The number of aryl methyl sites for hydroxylation is 1. The van der Waals surface area contributed by atoms with E-state index >= 15 is 0 Å². The maximum Gasteiger partial charge on any atom is 0.461 e. The van der Waals surface area contributed by atoms with Gasteiger partial charge in [-0.1, -0.05) is 0 Å². The molecule has 1 nitrogen and oxygen atoms in total. The summed E-state index contributed by atoms with van der Waals surface area (Å²) >= 11 is 0. The number of hydrogen-bond donors (Lipinski definition) is 0. The zero-order chi connectivity index (χ0) is 13.4. The molecule has 0 spiro atoms. The quantitative estimate of drug-likeness (QED) is 0.584. The van der Waals surface area contributed by atoms with Crippen molar-refractivity contribution < 1.29 is 31.1 Å². The van der Waals surface area contributed by atoms with E-state index in [1.54, 1.807) is 0 Å². The first-order chi connectivity index (χ1) is 7.57. The lowest BCUT2D eigenvalue weighted by molar-refractivity contribution is -0.255. The molecule has 17 heavy (non-hydrogen) atoms. The Morgan fingerprint density at radius 1 is 1.12 bits per heavy atom. The summed E-state index contributed by atoms with van der Waals surface area (Å²) in [4.78, 5) is 11.1. The fraction of sp³-hybridized carbons (Fsp3) is 0.300. The van der Waals surface area contributed by atoms with E-state index in [-0.39, 0.29) is 5.56 Å². The lowest BCUT2D eigenvalue weighted by Crippen LogP contribution is -2.44. The molecule has 1 rings (SSSR count). The molecule has 0 unspecified atom stereocenters. The minimum atomic E-state index is -5.97. The third-order valence-corrected chi connectivity index (χ3v) is 2.07. The van der Waals surface area contributed by atoms with Gasteiger partial charge in [-0.25, -0.2) is 4.39 Å². The minimum absolute atomic E-state index is 0.279. The predicted octanol–water partition coefficient (Wildman–Crippen LogP) is 3.51. The third-order valence-electron chi connectivity index (χ3n) is 2.07. The van der Waals surface area contributed by atoms with Crippen molar-refractivity contribution in [1.29, 1.82) is 0 Å². The van der Waals surface area contributed by atoms with Crippen LogP contribution in [0.15, 0.2) is 18.2 Å². The molecule has 0 saturated heterocycles. The fourth-order valence-electron chi connectivity index (χ4n) is 1.18. The van der Waals surface area contributed by atoms with Crippen LogP contribution in [0, 0.1) is 12.7 Å². The first-order valence-electron chi connectivity index (χ1n) is 4.33. The molecule has 0 N–H and O–H groups in total. The molecule has 94 valence electrons. The summed E-state index contributed by atoms with van der Waals surface area (Å²) in [6, 6.07) is 1.96. The highest BCUT2D eigenvalue weighted by Crippen LogP contribution is 2.38. The summed E-state index contributed by atoms with van der Waals surface area (Å²) in [7, 11) is 0. The molecular weight excluding hydrogens is 250 g/mol. The highest BCUT2D eigenvalue weighted by atomic mass is 19.4. The van der Waals surface area contributed by atoms with Gasteiger partial charge in [0.15, 0.2) is 0 Å². The van der Waals surface area contributed by atoms with Crippen LogP contribution in [0.1, 0.15) is 15.9 Å². The van der Waals surface area contributed by atoms with Crippen molar-refractivity contribution in [3.8, 4) is 0 Å².